The molecule has 3 nitrogen and oxygen atoms in total. The highest BCUT2D eigenvalue weighted by atomic mass is 16.4. The van der Waals surface area contributed by atoms with Gasteiger partial charge in [0.1, 0.15) is 6.04 Å². The molecule has 0 aliphatic heterocycles. The van der Waals surface area contributed by atoms with Crippen LogP contribution in [0.25, 0.3) is 0 Å². The number of hydrogen-bond donors (Lipinski definition) is 2. The van der Waals surface area contributed by atoms with Crippen LogP contribution in [0, 0.1) is 5.92 Å². The van der Waals surface area contributed by atoms with Crippen LogP contribution in [0.15, 0.2) is 24.3 Å². The summed E-state index contributed by atoms with van der Waals surface area (Å²) in [6.07, 6.45) is 2.51. The van der Waals surface area contributed by atoms with E-state index in [1.165, 1.54) is 11.1 Å². The van der Waals surface area contributed by atoms with E-state index in [4.69, 9.17) is 10.8 Å². The Morgan fingerprint density at radius 2 is 1.93 bits per heavy atom. The van der Waals surface area contributed by atoms with E-state index in [2.05, 4.69) is 12.1 Å². The predicted octanol–water partition coefficient (Wildman–Crippen LogP) is 1.20. The number of nitrogens with two attached hydrogens (primary N) is 1. The first kappa shape index (κ1) is 10.2. The van der Waals surface area contributed by atoms with Crippen LogP contribution < -0.4 is 5.73 Å². The molecule has 3 N–H and O–H groups in total. The number of benzene rings is 1. The third-order valence-electron chi connectivity index (χ3n) is 3.04. The van der Waals surface area contributed by atoms with Gasteiger partial charge in [0.2, 0.25) is 0 Å². The van der Waals surface area contributed by atoms with Gasteiger partial charge in [0.25, 0.3) is 0 Å². The van der Waals surface area contributed by atoms with E-state index in [0.717, 1.165) is 12.8 Å². The first-order valence-electron chi connectivity index (χ1n) is 5.22. The van der Waals surface area contributed by atoms with Crippen molar-refractivity contribution in [2.45, 2.75) is 25.3 Å². The Bertz CT molecular complexity index is 351. The molecule has 0 fully saturated rings. The standard InChI is InChI=1S/C12H15NO2/c13-11(12(14)15)7-8-5-9-3-1-2-4-10(9)6-8/h1-4,8,11H,5-7,13H2,(H,14,15)/t11-/m1/s1. The molecule has 0 heterocycles. The van der Waals surface area contributed by atoms with Gasteiger partial charge in [0, 0.05) is 0 Å². The first-order chi connectivity index (χ1) is 7.16. The third-order valence-corrected chi connectivity index (χ3v) is 3.04. The number of aliphatic carboxylic acids is 1. The normalized spacial score (nSPS) is 17.4. The van der Waals surface area contributed by atoms with Crippen molar-refractivity contribution in [2.24, 2.45) is 11.7 Å². The highest BCUT2D eigenvalue weighted by Crippen LogP contribution is 2.28. The van der Waals surface area contributed by atoms with Crippen molar-refractivity contribution in [2.75, 3.05) is 0 Å². The van der Waals surface area contributed by atoms with Crippen molar-refractivity contribution in [1.29, 1.82) is 0 Å². The van der Waals surface area contributed by atoms with E-state index in [9.17, 15) is 4.79 Å². The van der Waals surface area contributed by atoms with E-state index in [-0.39, 0.29) is 0 Å². The number of hydrogen-bond acceptors (Lipinski definition) is 2. The van der Waals surface area contributed by atoms with E-state index in [0.29, 0.717) is 12.3 Å². The lowest BCUT2D eigenvalue weighted by atomic mass is 9.97. The topological polar surface area (TPSA) is 63.3 Å². The molecule has 80 valence electrons. The fraction of sp³-hybridized carbons (Fsp3) is 0.417. The van der Waals surface area contributed by atoms with Crippen LogP contribution in [-0.4, -0.2) is 17.1 Å². The zero-order valence-electron chi connectivity index (χ0n) is 8.52. The summed E-state index contributed by atoms with van der Waals surface area (Å²) in [5, 5.41) is 8.73. The van der Waals surface area contributed by atoms with Crippen LogP contribution in [0.2, 0.25) is 0 Å². The number of rotatable bonds is 3. The molecule has 0 saturated carbocycles. The smallest absolute Gasteiger partial charge is 0.320 e. The van der Waals surface area contributed by atoms with Crippen LogP contribution in [0.3, 0.4) is 0 Å². The Morgan fingerprint density at radius 1 is 1.40 bits per heavy atom. The minimum atomic E-state index is -0.897. The van der Waals surface area contributed by atoms with Crippen molar-refractivity contribution in [1.82, 2.24) is 0 Å². The van der Waals surface area contributed by atoms with Crippen LogP contribution >= 0.6 is 0 Å². The maximum Gasteiger partial charge on any atom is 0.320 e. The zero-order valence-corrected chi connectivity index (χ0v) is 8.52. The molecule has 0 saturated heterocycles. The van der Waals surface area contributed by atoms with Crippen molar-refractivity contribution >= 4 is 5.97 Å². The molecule has 1 aliphatic carbocycles. The average molecular weight is 205 g/mol. The molecule has 0 bridgehead atoms. The number of carbonyl (C=O) groups is 1. The van der Waals surface area contributed by atoms with Crippen LogP contribution in [0.1, 0.15) is 17.5 Å². The van der Waals surface area contributed by atoms with Gasteiger partial charge in [-0.3, -0.25) is 4.79 Å². The Kier molecular flexibility index (Phi) is 2.73. The lowest BCUT2D eigenvalue weighted by molar-refractivity contribution is -0.138. The Labute approximate surface area is 88.9 Å². The van der Waals surface area contributed by atoms with E-state index >= 15 is 0 Å². The molecule has 2 rings (SSSR count). The van der Waals surface area contributed by atoms with Crippen molar-refractivity contribution in [3.05, 3.63) is 35.4 Å². The van der Waals surface area contributed by atoms with Crippen LogP contribution in [0.4, 0.5) is 0 Å². The van der Waals surface area contributed by atoms with Gasteiger partial charge >= 0.3 is 5.97 Å². The van der Waals surface area contributed by atoms with Gasteiger partial charge in [-0.2, -0.15) is 0 Å². The van der Waals surface area contributed by atoms with Crippen molar-refractivity contribution in [3.8, 4) is 0 Å². The van der Waals surface area contributed by atoms with Gasteiger partial charge in [0.05, 0.1) is 0 Å². The molecule has 15 heavy (non-hydrogen) atoms. The first-order valence-corrected chi connectivity index (χ1v) is 5.22. The Hall–Kier alpha value is -1.35. The number of fused-ring (bicyclic) bond motifs is 1. The fourth-order valence-corrected chi connectivity index (χ4v) is 2.28. The number of carboxylic acid groups (broad SMARTS) is 1. The summed E-state index contributed by atoms with van der Waals surface area (Å²) >= 11 is 0. The summed E-state index contributed by atoms with van der Waals surface area (Å²) in [7, 11) is 0. The number of carboxylic acids is 1. The minimum absolute atomic E-state index is 0.397. The van der Waals surface area contributed by atoms with Gasteiger partial charge in [-0.15, -0.1) is 0 Å². The molecule has 1 aliphatic rings. The van der Waals surface area contributed by atoms with Gasteiger partial charge in [-0.25, -0.2) is 0 Å². The molecule has 0 amide bonds. The van der Waals surface area contributed by atoms with Gasteiger partial charge in [-0.1, -0.05) is 24.3 Å². The molecule has 3 heteroatoms. The van der Waals surface area contributed by atoms with Gasteiger partial charge in [-0.05, 0) is 36.3 Å². The van der Waals surface area contributed by atoms with Crippen molar-refractivity contribution < 1.29 is 9.90 Å². The zero-order chi connectivity index (χ0) is 10.8. The van der Waals surface area contributed by atoms with Crippen LogP contribution in [0.5, 0.6) is 0 Å². The maximum atomic E-state index is 10.6. The lowest BCUT2D eigenvalue weighted by Gasteiger charge is -2.11. The summed E-state index contributed by atoms with van der Waals surface area (Å²) in [5.74, 6) is -0.501. The minimum Gasteiger partial charge on any atom is -0.480 e. The van der Waals surface area contributed by atoms with Crippen LogP contribution in [-0.2, 0) is 17.6 Å². The molecular formula is C12H15NO2. The summed E-state index contributed by atoms with van der Waals surface area (Å²) < 4.78 is 0. The second-order valence-corrected chi connectivity index (χ2v) is 4.22. The van der Waals surface area contributed by atoms with E-state index in [1.807, 2.05) is 12.1 Å². The van der Waals surface area contributed by atoms with E-state index < -0.39 is 12.0 Å². The molecule has 0 aromatic heterocycles. The monoisotopic (exact) mass is 205 g/mol. The molecule has 0 unspecified atom stereocenters. The maximum absolute atomic E-state index is 10.6. The largest absolute Gasteiger partial charge is 0.480 e. The average Bonchev–Trinajstić information content (AvgIpc) is 2.59. The van der Waals surface area contributed by atoms with Gasteiger partial charge < -0.3 is 10.8 Å². The highest BCUT2D eigenvalue weighted by Gasteiger charge is 2.25. The summed E-state index contributed by atoms with van der Waals surface area (Å²) in [6, 6.07) is 7.56. The predicted molar refractivity (Wildman–Crippen MR) is 57.6 cm³/mol. The lowest BCUT2D eigenvalue weighted by Crippen LogP contribution is -2.32. The second kappa shape index (κ2) is 4.03. The fourth-order valence-electron chi connectivity index (χ4n) is 2.28. The highest BCUT2D eigenvalue weighted by molar-refractivity contribution is 5.73. The molecule has 1 atom stereocenters. The molecule has 1 aromatic carbocycles. The summed E-state index contributed by atoms with van der Waals surface area (Å²) in [6.45, 7) is 0. The second-order valence-electron chi connectivity index (χ2n) is 4.22. The Morgan fingerprint density at radius 3 is 2.40 bits per heavy atom. The molecule has 1 aromatic rings. The molecule has 0 radical (unpaired) electrons. The molecule has 0 spiro atoms. The third kappa shape index (κ3) is 2.18. The van der Waals surface area contributed by atoms with E-state index in [1.54, 1.807) is 0 Å². The van der Waals surface area contributed by atoms with Gasteiger partial charge in [0.15, 0.2) is 0 Å². The SMILES string of the molecule is N[C@H](CC1Cc2ccccc2C1)C(=O)O. The summed E-state index contributed by atoms with van der Waals surface area (Å²) in [4.78, 5) is 10.6. The molecular weight excluding hydrogens is 190 g/mol. The van der Waals surface area contributed by atoms with Crippen molar-refractivity contribution in [3.63, 3.8) is 0 Å². The Balaban J connectivity index is 1.99. The summed E-state index contributed by atoms with van der Waals surface area (Å²) in [5.41, 5.74) is 8.23. The quantitative estimate of drug-likeness (QED) is 0.779.